The van der Waals surface area contributed by atoms with Crippen LogP contribution in [0.25, 0.3) is 28.5 Å². The predicted molar refractivity (Wildman–Crippen MR) is 208 cm³/mol. The second-order valence-electron chi connectivity index (χ2n) is 9.47. The van der Waals surface area contributed by atoms with Gasteiger partial charge in [0.25, 0.3) is 0 Å². The fourth-order valence-electron chi connectivity index (χ4n) is 4.07. The Balaban J connectivity index is 0.000000188. The van der Waals surface area contributed by atoms with Crippen LogP contribution in [0.1, 0.15) is 11.1 Å². The highest BCUT2D eigenvalue weighted by molar-refractivity contribution is 9.11. The van der Waals surface area contributed by atoms with Crippen LogP contribution < -0.4 is 0 Å². The summed E-state index contributed by atoms with van der Waals surface area (Å²) in [7, 11) is 0. The van der Waals surface area contributed by atoms with Crippen LogP contribution in [0.4, 0.5) is 0 Å². The minimum atomic E-state index is 0.285. The highest BCUT2D eigenvalue weighted by Gasteiger charge is 2.17. The maximum atomic E-state index is 6.08. The molecule has 46 heavy (non-hydrogen) atoms. The van der Waals surface area contributed by atoms with Gasteiger partial charge in [0.05, 0.1) is 0 Å². The molecule has 1 heterocycles. The Morgan fingerprint density at radius 3 is 1.04 bits per heavy atom. The first kappa shape index (κ1) is 34.9. The zero-order valence-corrected chi connectivity index (χ0v) is 32.9. The van der Waals surface area contributed by atoms with Gasteiger partial charge in [-0.2, -0.15) is 0 Å². The van der Waals surface area contributed by atoms with Crippen LogP contribution in [0.3, 0.4) is 0 Å². The summed E-state index contributed by atoms with van der Waals surface area (Å²) in [4.78, 5) is 0. The van der Waals surface area contributed by atoms with E-state index in [1.165, 1.54) is 0 Å². The first-order valence-electron chi connectivity index (χ1n) is 13.4. The first-order chi connectivity index (χ1) is 22.2. The molecule has 6 rings (SSSR count). The molecule has 5 aromatic carbocycles. The van der Waals surface area contributed by atoms with Crippen molar-refractivity contribution in [3.05, 3.63) is 155 Å². The summed E-state index contributed by atoms with van der Waals surface area (Å²) in [6.45, 7) is 0. The van der Waals surface area contributed by atoms with Crippen molar-refractivity contribution >= 4 is 113 Å². The minimum absolute atomic E-state index is 0.285. The van der Waals surface area contributed by atoms with Crippen molar-refractivity contribution in [3.63, 3.8) is 0 Å². The number of nitrogens with zero attached hydrogens (tertiary/aromatic N) is 5. The largest absolute Gasteiger partial charge is 0.275 e. The monoisotopic (exact) mass is 963 g/mol. The number of aromatic nitrogens is 3. The summed E-state index contributed by atoms with van der Waals surface area (Å²) in [5, 5.41) is 17.4. The molecule has 0 atom stereocenters. The SMILES string of the molecule is Brc1ccc(-c2nnc(-c3ccc(Br)cc3)n2-c2ccc(Br)cc2)cc1.ClC(=NN=C(Cl)c1ccc(Br)cc1)c1ccc(Br)cc1. The molecule has 1 aromatic heterocycles. The molecule has 0 spiro atoms. The third kappa shape index (κ3) is 9.34. The number of hydrogen-bond donors (Lipinski definition) is 0. The van der Waals surface area contributed by atoms with E-state index in [0.717, 1.165) is 62.0 Å². The molecule has 0 aliphatic heterocycles. The van der Waals surface area contributed by atoms with E-state index < -0.39 is 0 Å². The molecule has 0 aliphatic rings. The molecule has 0 fully saturated rings. The number of rotatable bonds is 6. The topological polar surface area (TPSA) is 55.4 Å². The third-order valence-electron chi connectivity index (χ3n) is 6.34. The maximum absolute atomic E-state index is 6.08. The average Bonchev–Trinajstić information content (AvgIpc) is 3.50. The highest BCUT2D eigenvalue weighted by Crippen LogP contribution is 2.30. The summed E-state index contributed by atoms with van der Waals surface area (Å²) in [6, 6.07) is 39.2. The predicted octanol–water partition coefficient (Wildman–Crippen LogP) is 12.7. The smallest absolute Gasteiger partial charge is 0.168 e. The zero-order chi connectivity index (χ0) is 32.6. The normalized spacial score (nSPS) is 11.6. The molecule has 0 unspecified atom stereocenters. The molecule has 0 N–H and O–H groups in total. The lowest BCUT2D eigenvalue weighted by Crippen LogP contribution is -2.00. The number of benzene rings is 5. The Morgan fingerprint density at radius 1 is 0.435 bits per heavy atom. The fourth-order valence-corrected chi connectivity index (χ4v) is 5.72. The van der Waals surface area contributed by atoms with Gasteiger partial charge >= 0.3 is 0 Å². The van der Waals surface area contributed by atoms with Gasteiger partial charge in [0.2, 0.25) is 0 Å². The Kier molecular flexibility index (Phi) is 12.6. The molecule has 230 valence electrons. The van der Waals surface area contributed by atoms with Crippen LogP contribution in [-0.2, 0) is 0 Å². The van der Waals surface area contributed by atoms with Gasteiger partial charge in [-0.3, -0.25) is 4.57 Å². The molecule has 6 aromatic rings. The molecule has 12 heteroatoms. The quantitative estimate of drug-likeness (QED) is 0.123. The Bertz CT molecular complexity index is 1850. The van der Waals surface area contributed by atoms with Crippen molar-refractivity contribution in [2.24, 2.45) is 10.2 Å². The van der Waals surface area contributed by atoms with E-state index in [2.05, 4.69) is 117 Å². The van der Waals surface area contributed by atoms with Crippen molar-refractivity contribution in [3.8, 4) is 28.5 Å². The van der Waals surface area contributed by atoms with Gasteiger partial charge in [-0.25, -0.2) is 0 Å². The van der Waals surface area contributed by atoms with Crippen LogP contribution in [0.2, 0.25) is 0 Å². The molecule has 0 saturated heterocycles. The molecule has 0 saturated carbocycles. The number of hydrogen-bond acceptors (Lipinski definition) is 4. The molecule has 0 radical (unpaired) electrons. The molecular weight excluding hydrogens is 949 g/mol. The van der Waals surface area contributed by atoms with Crippen molar-refractivity contribution in [1.29, 1.82) is 0 Å². The second kappa shape index (κ2) is 16.6. The second-order valence-corrected chi connectivity index (χ2v) is 14.8. The van der Waals surface area contributed by atoms with Gasteiger partial charge in [-0.15, -0.1) is 20.4 Å². The van der Waals surface area contributed by atoms with Crippen LogP contribution in [0, 0.1) is 0 Å². The molecule has 0 amide bonds. The molecule has 0 aliphatic carbocycles. The zero-order valence-electron chi connectivity index (χ0n) is 23.4. The summed E-state index contributed by atoms with van der Waals surface area (Å²) < 4.78 is 7.13. The van der Waals surface area contributed by atoms with E-state index in [9.17, 15) is 0 Å². The van der Waals surface area contributed by atoms with Gasteiger partial charge in [0, 0.05) is 50.3 Å². The standard InChI is InChI=1S/C20H12Br3N3.C14H8Br2Cl2N2/c21-15-5-1-13(2-6-15)19-24-25-20(14-3-7-16(22)8-4-14)26(19)18-11-9-17(23)10-12-18;15-11-5-1-9(2-6-11)13(17)19-20-14(18)10-3-7-12(16)8-4-10/h1-12H;1-8H. The van der Waals surface area contributed by atoms with Gasteiger partial charge in [-0.1, -0.05) is 151 Å². The van der Waals surface area contributed by atoms with Crippen LogP contribution in [0.15, 0.2) is 154 Å². The maximum Gasteiger partial charge on any atom is 0.168 e. The number of halogens is 7. The third-order valence-corrected chi connectivity index (χ3v) is 9.57. The van der Waals surface area contributed by atoms with Gasteiger partial charge in [-0.05, 0) is 72.8 Å². The van der Waals surface area contributed by atoms with E-state index >= 15 is 0 Å². The van der Waals surface area contributed by atoms with E-state index in [1.54, 1.807) is 0 Å². The summed E-state index contributed by atoms with van der Waals surface area (Å²) in [5.41, 5.74) is 4.57. The van der Waals surface area contributed by atoms with Crippen molar-refractivity contribution in [1.82, 2.24) is 14.8 Å². The lowest BCUT2D eigenvalue weighted by atomic mass is 10.1. The van der Waals surface area contributed by atoms with E-state index in [4.69, 9.17) is 23.2 Å². The van der Waals surface area contributed by atoms with Crippen molar-refractivity contribution < 1.29 is 0 Å². The van der Waals surface area contributed by atoms with Gasteiger partial charge < -0.3 is 0 Å². The molecule has 0 bridgehead atoms. The Labute approximate surface area is 318 Å². The molecular formula is C34H20Br5Cl2N5. The van der Waals surface area contributed by atoms with E-state index in [0.29, 0.717) is 0 Å². The first-order valence-corrected chi connectivity index (χ1v) is 18.1. The van der Waals surface area contributed by atoms with Crippen molar-refractivity contribution in [2.75, 3.05) is 0 Å². The minimum Gasteiger partial charge on any atom is -0.275 e. The highest BCUT2D eigenvalue weighted by atomic mass is 79.9. The van der Waals surface area contributed by atoms with E-state index in [-0.39, 0.29) is 10.3 Å². The summed E-state index contributed by atoms with van der Waals surface area (Å²) in [6.07, 6.45) is 0. The van der Waals surface area contributed by atoms with Crippen LogP contribution in [0.5, 0.6) is 0 Å². The Hall–Kier alpha value is -2.44. The molecule has 5 nitrogen and oxygen atoms in total. The lowest BCUT2D eigenvalue weighted by molar-refractivity contribution is 1.07. The Morgan fingerprint density at radius 2 is 0.717 bits per heavy atom. The fraction of sp³-hybridized carbons (Fsp3) is 0. The summed E-state index contributed by atoms with van der Waals surface area (Å²) >= 11 is 29.3. The average molecular weight is 969 g/mol. The van der Waals surface area contributed by atoms with Crippen molar-refractivity contribution in [2.45, 2.75) is 0 Å². The van der Waals surface area contributed by atoms with Crippen LogP contribution in [-0.4, -0.2) is 25.1 Å². The van der Waals surface area contributed by atoms with Gasteiger partial charge in [0.15, 0.2) is 22.0 Å². The van der Waals surface area contributed by atoms with Crippen LogP contribution >= 0.6 is 103 Å². The van der Waals surface area contributed by atoms with E-state index in [1.807, 2.05) is 109 Å². The lowest BCUT2D eigenvalue weighted by Gasteiger charge is -2.11. The summed E-state index contributed by atoms with van der Waals surface area (Å²) in [5.74, 6) is 1.61. The van der Waals surface area contributed by atoms with Gasteiger partial charge in [0.1, 0.15) is 0 Å².